The van der Waals surface area contributed by atoms with E-state index in [2.05, 4.69) is 0 Å². The van der Waals surface area contributed by atoms with Crippen molar-refractivity contribution in [1.82, 2.24) is 0 Å². The van der Waals surface area contributed by atoms with E-state index in [-0.39, 0.29) is 0 Å². The van der Waals surface area contributed by atoms with Crippen LogP contribution in [0.5, 0.6) is 0 Å². The molecule has 5 nitrogen and oxygen atoms in total. The molecule has 0 aromatic heterocycles. The van der Waals surface area contributed by atoms with E-state index in [0.717, 1.165) is 5.56 Å². The van der Waals surface area contributed by atoms with Gasteiger partial charge in [-0.2, -0.15) is 0 Å². The predicted molar refractivity (Wildman–Crippen MR) is 61.0 cm³/mol. The van der Waals surface area contributed by atoms with Crippen molar-refractivity contribution >= 4 is 17.7 Å². The lowest BCUT2D eigenvalue weighted by Crippen LogP contribution is -2.37. The number of carbonyl (C=O) groups excluding carboxylic acids is 1. The highest BCUT2D eigenvalue weighted by Crippen LogP contribution is 2.29. The Kier molecular flexibility index (Phi) is 2.75. The Morgan fingerprint density at radius 1 is 1.41 bits per heavy atom. The molecule has 2 atom stereocenters. The van der Waals surface area contributed by atoms with Gasteiger partial charge in [-0.1, -0.05) is 18.2 Å². The first-order valence-electron chi connectivity index (χ1n) is 5.30. The molecule has 0 bridgehead atoms. The minimum Gasteiger partial charge on any atom is -0.478 e. The number of ether oxygens (including phenoxy) is 1. The van der Waals surface area contributed by atoms with Crippen LogP contribution in [0.1, 0.15) is 12.5 Å². The molecule has 17 heavy (non-hydrogen) atoms. The van der Waals surface area contributed by atoms with Gasteiger partial charge >= 0.3 is 12.1 Å². The Labute approximate surface area is 98.6 Å². The van der Waals surface area contributed by atoms with Crippen LogP contribution in [0.25, 0.3) is 0 Å². The number of rotatable bonds is 2. The second kappa shape index (κ2) is 4.08. The first-order valence-corrected chi connectivity index (χ1v) is 5.30. The van der Waals surface area contributed by atoms with Gasteiger partial charge in [0.2, 0.25) is 6.10 Å². The fraction of sp³-hybridized carbons (Fsp3) is 0.333. The zero-order valence-electron chi connectivity index (χ0n) is 9.58. The van der Waals surface area contributed by atoms with E-state index in [1.54, 1.807) is 19.1 Å². The number of aliphatic carboxylic acids is 1. The number of benzene rings is 1. The highest BCUT2D eigenvalue weighted by molar-refractivity contribution is 5.95. The molecule has 1 heterocycles. The fourth-order valence-corrected chi connectivity index (χ4v) is 1.97. The number of amides is 1. The maximum absolute atomic E-state index is 11.7. The number of nitrogens with zero attached hydrogens (tertiary/aromatic N) is 1. The summed E-state index contributed by atoms with van der Waals surface area (Å²) in [4.78, 5) is 24.0. The molecule has 1 amide bonds. The molecule has 1 saturated heterocycles. The molecule has 1 aliphatic heterocycles. The molecule has 0 aliphatic carbocycles. The van der Waals surface area contributed by atoms with E-state index in [9.17, 15) is 9.59 Å². The molecule has 1 aromatic rings. The van der Waals surface area contributed by atoms with Gasteiger partial charge in [0.05, 0.1) is 11.7 Å². The van der Waals surface area contributed by atoms with Crippen LogP contribution in [0, 0.1) is 6.92 Å². The van der Waals surface area contributed by atoms with Crippen molar-refractivity contribution in [3.63, 3.8) is 0 Å². The van der Waals surface area contributed by atoms with E-state index in [1.165, 1.54) is 4.90 Å². The van der Waals surface area contributed by atoms with Gasteiger partial charge in [-0.25, -0.2) is 9.59 Å². The minimum absolute atomic E-state index is 0.513. The van der Waals surface area contributed by atoms with E-state index >= 15 is 0 Å². The van der Waals surface area contributed by atoms with Gasteiger partial charge in [-0.05, 0) is 25.5 Å². The zero-order valence-corrected chi connectivity index (χ0v) is 9.58. The molecule has 0 saturated carbocycles. The number of cyclic esters (lactones) is 1. The highest BCUT2D eigenvalue weighted by atomic mass is 16.6. The topological polar surface area (TPSA) is 66.8 Å². The first kappa shape index (κ1) is 11.4. The highest BCUT2D eigenvalue weighted by Gasteiger charge is 2.44. The molecule has 2 rings (SSSR count). The van der Waals surface area contributed by atoms with Crippen molar-refractivity contribution in [3.05, 3.63) is 29.8 Å². The molecule has 1 aliphatic rings. The Balaban J connectivity index is 2.37. The normalized spacial score (nSPS) is 23.6. The SMILES string of the molecule is Cc1ccccc1N1C(=O)OC(C(=O)O)C1C. The first-order chi connectivity index (χ1) is 8.02. The molecular weight excluding hydrogens is 222 g/mol. The van der Waals surface area contributed by atoms with Crippen LogP contribution >= 0.6 is 0 Å². The third kappa shape index (κ3) is 1.84. The minimum atomic E-state index is -1.12. The predicted octanol–water partition coefficient (Wildman–Crippen LogP) is 1.79. The zero-order chi connectivity index (χ0) is 12.6. The Morgan fingerprint density at radius 3 is 2.59 bits per heavy atom. The van der Waals surface area contributed by atoms with Crippen LogP contribution in [0.15, 0.2) is 24.3 Å². The van der Waals surface area contributed by atoms with Crippen LogP contribution in [0.2, 0.25) is 0 Å². The number of hydrogen-bond acceptors (Lipinski definition) is 3. The van der Waals surface area contributed by atoms with Gasteiger partial charge < -0.3 is 9.84 Å². The number of para-hydroxylation sites is 1. The summed E-state index contributed by atoms with van der Waals surface area (Å²) in [6.07, 6.45) is -1.72. The van der Waals surface area contributed by atoms with Gasteiger partial charge in [0.25, 0.3) is 0 Å². The summed E-state index contributed by atoms with van der Waals surface area (Å²) in [6, 6.07) is 6.79. The summed E-state index contributed by atoms with van der Waals surface area (Å²) >= 11 is 0. The molecule has 2 unspecified atom stereocenters. The van der Waals surface area contributed by atoms with Crippen molar-refractivity contribution < 1.29 is 19.4 Å². The molecule has 0 spiro atoms. The average molecular weight is 235 g/mol. The molecule has 90 valence electrons. The van der Waals surface area contributed by atoms with Crippen LogP contribution in [-0.2, 0) is 9.53 Å². The fourth-order valence-electron chi connectivity index (χ4n) is 1.97. The van der Waals surface area contributed by atoms with Crippen molar-refractivity contribution in [1.29, 1.82) is 0 Å². The lowest BCUT2D eigenvalue weighted by molar-refractivity contribution is -0.145. The Hall–Kier alpha value is -2.04. The maximum Gasteiger partial charge on any atom is 0.415 e. The van der Waals surface area contributed by atoms with E-state index < -0.39 is 24.2 Å². The van der Waals surface area contributed by atoms with Gasteiger partial charge in [0.15, 0.2) is 0 Å². The van der Waals surface area contributed by atoms with Crippen molar-refractivity contribution in [2.75, 3.05) is 4.90 Å². The smallest absolute Gasteiger partial charge is 0.415 e. The second-order valence-electron chi connectivity index (χ2n) is 4.04. The van der Waals surface area contributed by atoms with Crippen molar-refractivity contribution in [2.24, 2.45) is 0 Å². The summed E-state index contributed by atoms with van der Waals surface area (Å²) in [6.45, 7) is 3.53. The van der Waals surface area contributed by atoms with Crippen LogP contribution in [0.4, 0.5) is 10.5 Å². The number of aryl methyl sites for hydroxylation is 1. The van der Waals surface area contributed by atoms with E-state index in [1.807, 2.05) is 19.1 Å². The summed E-state index contributed by atoms with van der Waals surface area (Å²) in [5.41, 5.74) is 1.59. The average Bonchev–Trinajstić information content (AvgIpc) is 2.56. The van der Waals surface area contributed by atoms with Crippen LogP contribution < -0.4 is 4.90 Å². The lowest BCUT2D eigenvalue weighted by Gasteiger charge is -2.21. The number of carboxylic acid groups (broad SMARTS) is 1. The molecule has 1 N–H and O–H groups in total. The standard InChI is InChI=1S/C12H13NO4/c1-7-5-3-4-6-9(7)13-8(2)10(11(14)15)17-12(13)16/h3-6,8,10H,1-2H3,(H,14,15). The summed E-state index contributed by atoms with van der Waals surface area (Å²) in [5.74, 6) is -1.12. The number of hydrogen-bond donors (Lipinski definition) is 1. The third-order valence-electron chi connectivity index (χ3n) is 2.89. The van der Waals surface area contributed by atoms with E-state index in [0.29, 0.717) is 5.69 Å². The Bertz CT molecular complexity index is 471. The van der Waals surface area contributed by atoms with Crippen molar-refractivity contribution in [2.45, 2.75) is 26.0 Å². The molecule has 1 aromatic carbocycles. The van der Waals surface area contributed by atoms with E-state index in [4.69, 9.17) is 9.84 Å². The molecule has 5 heteroatoms. The number of anilines is 1. The summed E-state index contributed by atoms with van der Waals surface area (Å²) < 4.78 is 4.84. The summed E-state index contributed by atoms with van der Waals surface area (Å²) in [7, 11) is 0. The largest absolute Gasteiger partial charge is 0.478 e. The quantitative estimate of drug-likeness (QED) is 0.848. The van der Waals surface area contributed by atoms with Gasteiger partial charge in [0.1, 0.15) is 0 Å². The monoisotopic (exact) mass is 235 g/mol. The van der Waals surface area contributed by atoms with Gasteiger partial charge in [-0.15, -0.1) is 0 Å². The number of carboxylic acids is 1. The summed E-state index contributed by atoms with van der Waals surface area (Å²) in [5, 5.41) is 8.93. The van der Waals surface area contributed by atoms with Crippen LogP contribution in [-0.4, -0.2) is 29.3 Å². The number of carbonyl (C=O) groups is 2. The second-order valence-corrected chi connectivity index (χ2v) is 4.04. The third-order valence-corrected chi connectivity index (χ3v) is 2.89. The van der Waals surface area contributed by atoms with Gasteiger partial charge in [-0.3, -0.25) is 4.90 Å². The maximum atomic E-state index is 11.7. The Morgan fingerprint density at radius 2 is 2.06 bits per heavy atom. The molecule has 0 radical (unpaired) electrons. The lowest BCUT2D eigenvalue weighted by atomic mass is 10.1. The molecular formula is C12H13NO4. The van der Waals surface area contributed by atoms with Crippen LogP contribution in [0.3, 0.4) is 0 Å². The van der Waals surface area contributed by atoms with Gasteiger partial charge in [0, 0.05) is 0 Å². The molecule has 1 fully saturated rings. The van der Waals surface area contributed by atoms with Crippen molar-refractivity contribution in [3.8, 4) is 0 Å².